The van der Waals surface area contributed by atoms with Crippen LogP contribution in [0.3, 0.4) is 0 Å². The fourth-order valence-electron chi connectivity index (χ4n) is 6.60. The Morgan fingerprint density at radius 3 is 2.28 bits per heavy atom. The lowest BCUT2D eigenvalue weighted by molar-refractivity contribution is -0.0966. The normalized spacial score (nSPS) is 16.5. The molecule has 252 valence electrons. The summed E-state index contributed by atoms with van der Waals surface area (Å²) in [5, 5.41) is 23.0. The average molecular weight is 645 g/mol. The molecule has 2 aromatic heterocycles. The van der Waals surface area contributed by atoms with Crippen LogP contribution < -0.4 is 24.8 Å². The van der Waals surface area contributed by atoms with Crippen LogP contribution in [0, 0.1) is 0 Å². The molecule has 0 saturated carbocycles. The van der Waals surface area contributed by atoms with Crippen molar-refractivity contribution in [1.82, 2.24) is 31.0 Å². The Balaban J connectivity index is 1.35. The Bertz CT molecular complexity index is 1530. The number of ether oxygens (including phenoxy) is 5. The third kappa shape index (κ3) is 9.51. The summed E-state index contributed by atoms with van der Waals surface area (Å²) in [5.74, 6) is 1.94. The highest BCUT2D eigenvalue weighted by molar-refractivity contribution is 5.74. The average Bonchev–Trinajstić information content (AvgIpc) is 3.58. The molecule has 2 aromatic carbocycles. The first-order valence-electron chi connectivity index (χ1n) is 16.1. The summed E-state index contributed by atoms with van der Waals surface area (Å²) in [4.78, 5) is 0. The fraction of sp³-hybridized carbons (Fsp3) is 0.472. The van der Waals surface area contributed by atoms with E-state index in [4.69, 9.17) is 23.7 Å². The molecule has 3 N–H and O–H groups in total. The number of nitrogens with one attached hydrogen (secondary N) is 3. The van der Waals surface area contributed by atoms with Gasteiger partial charge in [0, 0.05) is 53.9 Å². The van der Waals surface area contributed by atoms with Crippen molar-refractivity contribution in [3.05, 3.63) is 72.6 Å². The van der Waals surface area contributed by atoms with Crippen LogP contribution in [0.25, 0.3) is 22.4 Å². The van der Waals surface area contributed by atoms with E-state index in [0.29, 0.717) is 50.4 Å². The highest BCUT2D eigenvalue weighted by Gasteiger charge is 2.49. The van der Waals surface area contributed by atoms with Crippen LogP contribution in [-0.2, 0) is 16.1 Å². The number of rotatable bonds is 16. The van der Waals surface area contributed by atoms with Crippen LogP contribution in [0.2, 0.25) is 0 Å². The summed E-state index contributed by atoms with van der Waals surface area (Å²) in [7, 11) is 3.56. The van der Waals surface area contributed by atoms with Gasteiger partial charge in [0.25, 0.3) is 0 Å². The fourth-order valence-corrected chi connectivity index (χ4v) is 6.60. The SMILES string of the molecule is CNCCOCCOCC1(Oc2ccc(-c3ccc(-c4cn[nH]c4)cc3OCc3ccc(OC)cc3)nn2)CC(C)(C)NC(C)(C)C1. The first-order valence-corrected chi connectivity index (χ1v) is 16.1. The topological polar surface area (TPSA) is 125 Å². The van der Waals surface area contributed by atoms with Crippen LogP contribution >= 0.6 is 0 Å². The van der Waals surface area contributed by atoms with Gasteiger partial charge in [0.2, 0.25) is 5.88 Å². The monoisotopic (exact) mass is 644 g/mol. The summed E-state index contributed by atoms with van der Waals surface area (Å²) in [5.41, 5.74) is 3.52. The molecule has 11 nitrogen and oxygen atoms in total. The molecule has 0 unspecified atom stereocenters. The van der Waals surface area contributed by atoms with Crippen LogP contribution in [0.1, 0.15) is 46.1 Å². The van der Waals surface area contributed by atoms with Gasteiger partial charge < -0.3 is 34.3 Å². The van der Waals surface area contributed by atoms with Gasteiger partial charge in [0.05, 0.1) is 45.4 Å². The number of benzene rings is 2. The van der Waals surface area contributed by atoms with Crippen LogP contribution in [0.5, 0.6) is 17.4 Å². The van der Waals surface area contributed by atoms with Gasteiger partial charge in [-0.15, -0.1) is 10.2 Å². The van der Waals surface area contributed by atoms with Crippen LogP contribution in [0.4, 0.5) is 0 Å². The maximum atomic E-state index is 6.73. The van der Waals surface area contributed by atoms with Gasteiger partial charge in [-0.3, -0.25) is 5.10 Å². The van der Waals surface area contributed by atoms with Gasteiger partial charge in [0.1, 0.15) is 23.7 Å². The second-order valence-electron chi connectivity index (χ2n) is 13.4. The minimum absolute atomic E-state index is 0.172. The number of aromatic nitrogens is 4. The largest absolute Gasteiger partial charge is 0.497 e. The molecule has 1 aliphatic rings. The predicted octanol–water partition coefficient (Wildman–Crippen LogP) is 5.43. The zero-order valence-electron chi connectivity index (χ0n) is 28.4. The Kier molecular flexibility index (Phi) is 11.1. The second-order valence-corrected chi connectivity index (χ2v) is 13.4. The summed E-state index contributed by atoms with van der Waals surface area (Å²) < 4.78 is 30.2. The molecule has 11 heteroatoms. The van der Waals surface area contributed by atoms with Crippen molar-refractivity contribution in [2.45, 2.75) is 63.8 Å². The first kappa shape index (κ1) is 34.3. The molecule has 47 heavy (non-hydrogen) atoms. The van der Waals surface area contributed by atoms with Gasteiger partial charge in [0.15, 0.2) is 0 Å². The summed E-state index contributed by atoms with van der Waals surface area (Å²) in [6.07, 6.45) is 5.13. The van der Waals surface area contributed by atoms with Crippen molar-refractivity contribution in [3.8, 4) is 39.8 Å². The standard InChI is InChI=1S/C36H48N6O5/c1-34(2)23-36(24-35(3,4)42-34,25-45-18-17-44-16-15-37-5)47-33-14-13-31(40-41-33)30-12-9-27(28-20-38-39-21-28)19-32(30)46-22-26-7-10-29(43-6)11-8-26/h7-14,19-21,37,42H,15-18,22-25H2,1-6H3,(H,38,39). The quantitative estimate of drug-likeness (QED) is 0.136. The van der Waals surface area contributed by atoms with Crippen molar-refractivity contribution in [2.24, 2.45) is 0 Å². The molecule has 1 saturated heterocycles. The maximum Gasteiger partial charge on any atom is 0.234 e. The number of piperidine rings is 1. The molecule has 0 spiro atoms. The van der Waals surface area contributed by atoms with Gasteiger partial charge >= 0.3 is 0 Å². The van der Waals surface area contributed by atoms with E-state index < -0.39 is 5.60 Å². The van der Waals surface area contributed by atoms with Crippen molar-refractivity contribution in [2.75, 3.05) is 47.1 Å². The van der Waals surface area contributed by atoms with E-state index in [1.54, 1.807) is 13.3 Å². The maximum absolute atomic E-state index is 6.73. The minimum Gasteiger partial charge on any atom is -0.497 e. The Morgan fingerprint density at radius 2 is 1.62 bits per heavy atom. The second kappa shape index (κ2) is 15.2. The zero-order chi connectivity index (χ0) is 33.3. The minimum atomic E-state index is -0.599. The third-order valence-electron chi connectivity index (χ3n) is 8.04. The highest BCUT2D eigenvalue weighted by atomic mass is 16.6. The molecule has 0 aliphatic carbocycles. The lowest BCUT2D eigenvalue weighted by Crippen LogP contribution is -2.66. The number of likely N-dealkylation sites (N-methyl/N-ethyl adjacent to an activating group) is 1. The third-order valence-corrected chi connectivity index (χ3v) is 8.04. The van der Waals surface area contributed by atoms with Gasteiger partial charge in [-0.1, -0.05) is 18.2 Å². The number of methoxy groups -OCH3 is 1. The molecule has 3 heterocycles. The zero-order valence-corrected chi connectivity index (χ0v) is 28.4. The van der Waals surface area contributed by atoms with Crippen LogP contribution in [0.15, 0.2) is 67.0 Å². The summed E-state index contributed by atoms with van der Waals surface area (Å²) in [6.45, 7) is 12.0. The molecular formula is C36H48N6O5. The van der Waals surface area contributed by atoms with Crippen LogP contribution in [-0.4, -0.2) is 84.2 Å². The van der Waals surface area contributed by atoms with Crippen molar-refractivity contribution < 1.29 is 23.7 Å². The predicted molar refractivity (Wildman–Crippen MR) is 182 cm³/mol. The molecule has 1 aliphatic heterocycles. The molecular weight excluding hydrogens is 596 g/mol. The van der Waals surface area contributed by atoms with Crippen molar-refractivity contribution in [3.63, 3.8) is 0 Å². The number of aromatic amines is 1. The molecule has 0 amide bonds. The van der Waals surface area contributed by atoms with Gasteiger partial charge in [-0.05, 0) is 76.2 Å². The van der Waals surface area contributed by atoms with Crippen molar-refractivity contribution in [1.29, 1.82) is 0 Å². The molecule has 4 aromatic rings. The number of hydrogen-bond donors (Lipinski definition) is 3. The van der Waals surface area contributed by atoms with E-state index in [0.717, 1.165) is 47.4 Å². The summed E-state index contributed by atoms with van der Waals surface area (Å²) in [6, 6.07) is 17.7. The Hall–Kier alpha value is -4.03. The molecule has 1 fully saturated rings. The van der Waals surface area contributed by atoms with Gasteiger partial charge in [-0.2, -0.15) is 5.10 Å². The van der Waals surface area contributed by atoms with E-state index in [9.17, 15) is 0 Å². The van der Waals surface area contributed by atoms with E-state index in [1.807, 2.05) is 67.8 Å². The Labute approximate surface area is 277 Å². The van der Waals surface area contributed by atoms with E-state index in [-0.39, 0.29) is 11.1 Å². The smallest absolute Gasteiger partial charge is 0.234 e. The first-order chi connectivity index (χ1) is 22.6. The van der Waals surface area contributed by atoms with E-state index in [1.165, 1.54) is 0 Å². The highest BCUT2D eigenvalue weighted by Crippen LogP contribution is 2.40. The lowest BCUT2D eigenvalue weighted by Gasteiger charge is -2.52. The lowest BCUT2D eigenvalue weighted by atomic mass is 9.73. The molecule has 0 radical (unpaired) electrons. The number of hydrogen-bond acceptors (Lipinski definition) is 10. The number of H-pyrrole nitrogens is 1. The van der Waals surface area contributed by atoms with E-state index >= 15 is 0 Å². The molecule has 5 rings (SSSR count). The van der Waals surface area contributed by atoms with Gasteiger partial charge in [-0.25, -0.2) is 0 Å². The molecule has 0 atom stereocenters. The summed E-state index contributed by atoms with van der Waals surface area (Å²) >= 11 is 0. The number of nitrogens with zero attached hydrogens (tertiary/aromatic N) is 3. The Morgan fingerprint density at radius 1 is 0.851 bits per heavy atom. The molecule has 0 bridgehead atoms. The van der Waals surface area contributed by atoms with E-state index in [2.05, 4.69) is 58.7 Å². The van der Waals surface area contributed by atoms with Crippen molar-refractivity contribution >= 4 is 0 Å².